The molecule has 1 saturated heterocycles. The average molecular weight is 308 g/mol. The third-order valence-electron chi connectivity index (χ3n) is 3.25. The maximum atomic E-state index is 11.1. The van der Waals surface area contributed by atoms with Gasteiger partial charge < -0.3 is 9.47 Å². The van der Waals surface area contributed by atoms with Gasteiger partial charge in [0.25, 0.3) is 10.1 Å². The van der Waals surface area contributed by atoms with E-state index in [0.717, 1.165) is 17.0 Å². The molecule has 0 N–H and O–H groups in total. The highest BCUT2D eigenvalue weighted by Crippen LogP contribution is 2.28. The van der Waals surface area contributed by atoms with Crippen molar-refractivity contribution in [1.82, 2.24) is 0 Å². The third kappa shape index (κ3) is 3.72. The van der Waals surface area contributed by atoms with E-state index in [1.54, 1.807) is 0 Å². The summed E-state index contributed by atoms with van der Waals surface area (Å²) in [6.07, 6.45) is 0.465. The van der Waals surface area contributed by atoms with Crippen molar-refractivity contribution in [2.45, 2.75) is 12.2 Å². The topological polar surface area (TPSA) is 65.1 Å². The monoisotopic (exact) mass is 308 g/mol. The van der Waals surface area contributed by atoms with Crippen molar-refractivity contribution in [3.63, 3.8) is 0 Å². The fourth-order valence-electron chi connectivity index (χ4n) is 2.14. The van der Waals surface area contributed by atoms with Crippen LogP contribution in [0.25, 0.3) is 10.8 Å². The lowest BCUT2D eigenvalue weighted by Gasteiger charge is -2.18. The lowest BCUT2D eigenvalue weighted by molar-refractivity contribution is 0.106. The molecule has 21 heavy (non-hydrogen) atoms. The van der Waals surface area contributed by atoms with Crippen LogP contribution in [0.1, 0.15) is 0 Å². The van der Waals surface area contributed by atoms with Gasteiger partial charge in [0.05, 0.1) is 12.9 Å². The Balaban J connectivity index is 1.81. The molecule has 0 unspecified atom stereocenters. The largest absolute Gasteiger partial charge is 0.484 e. The summed E-state index contributed by atoms with van der Waals surface area (Å²) >= 11 is 0. The van der Waals surface area contributed by atoms with Gasteiger partial charge in [-0.1, -0.05) is 36.4 Å². The van der Waals surface area contributed by atoms with Gasteiger partial charge in [0.2, 0.25) is 0 Å². The van der Waals surface area contributed by atoms with Gasteiger partial charge >= 0.3 is 0 Å². The van der Waals surface area contributed by atoms with Crippen molar-refractivity contribution in [3.8, 4) is 5.75 Å². The van der Waals surface area contributed by atoms with E-state index in [4.69, 9.17) is 13.7 Å². The molecule has 0 saturated carbocycles. The minimum atomic E-state index is -3.50. The van der Waals surface area contributed by atoms with Crippen LogP contribution in [0.4, 0.5) is 0 Å². The van der Waals surface area contributed by atoms with E-state index in [-0.39, 0.29) is 12.7 Å². The van der Waals surface area contributed by atoms with Crippen LogP contribution >= 0.6 is 0 Å². The molecule has 0 radical (unpaired) electrons. The lowest BCUT2D eigenvalue weighted by Crippen LogP contribution is -2.30. The minimum absolute atomic E-state index is 0.0489. The molecule has 1 fully saturated rings. The van der Waals surface area contributed by atoms with Crippen molar-refractivity contribution in [3.05, 3.63) is 42.5 Å². The Labute approximate surface area is 123 Å². The highest BCUT2D eigenvalue weighted by molar-refractivity contribution is 7.85. The van der Waals surface area contributed by atoms with Crippen LogP contribution in [0.3, 0.4) is 0 Å². The maximum absolute atomic E-state index is 11.1. The molecule has 2 aromatic carbocycles. The van der Waals surface area contributed by atoms with E-state index in [0.29, 0.717) is 12.4 Å². The zero-order valence-electron chi connectivity index (χ0n) is 11.6. The fraction of sp³-hybridized carbons (Fsp3) is 0.333. The predicted molar refractivity (Wildman–Crippen MR) is 78.9 cm³/mol. The standard InChI is InChI=1S/C15H16O5S/c1-21(16,17)19-10-15(14-9-18-14)20-13-8-4-6-11-5-2-3-7-12(11)13/h2-8,14-15H,9-10H2,1H3/t14-,15+/m0/s1. The first-order chi connectivity index (χ1) is 10.0. The molecule has 112 valence electrons. The summed E-state index contributed by atoms with van der Waals surface area (Å²) in [6.45, 7) is 0.509. The SMILES string of the molecule is CS(=O)(=O)OC[C@@H](Oc1cccc2ccccc12)[C@@H]1CO1. The molecule has 2 aromatic rings. The number of rotatable bonds is 6. The van der Waals surface area contributed by atoms with Gasteiger partial charge in [-0.3, -0.25) is 4.18 Å². The van der Waals surface area contributed by atoms with E-state index in [9.17, 15) is 8.42 Å². The van der Waals surface area contributed by atoms with Crippen LogP contribution in [0.2, 0.25) is 0 Å². The smallest absolute Gasteiger partial charge is 0.264 e. The van der Waals surface area contributed by atoms with Crippen LogP contribution in [0.5, 0.6) is 5.75 Å². The van der Waals surface area contributed by atoms with E-state index < -0.39 is 16.2 Å². The molecule has 1 heterocycles. The molecule has 0 spiro atoms. The zero-order chi connectivity index (χ0) is 14.9. The van der Waals surface area contributed by atoms with Crippen LogP contribution in [0, 0.1) is 0 Å². The van der Waals surface area contributed by atoms with Crippen molar-refractivity contribution >= 4 is 20.9 Å². The Bertz CT molecular complexity index is 731. The molecule has 0 aliphatic carbocycles. The van der Waals surface area contributed by atoms with Crippen LogP contribution < -0.4 is 4.74 Å². The number of benzene rings is 2. The predicted octanol–water partition coefficient (Wildman–Crippen LogP) is 1.96. The number of hydrogen-bond donors (Lipinski definition) is 0. The summed E-state index contributed by atoms with van der Waals surface area (Å²) in [5, 5.41) is 2.04. The van der Waals surface area contributed by atoms with Crippen LogP contribution in [-0.4, -0.2) is 40.1 Å². The van der Waals surface area contributed by atoms with Crippen molar-refractivity contribution < 1.29 is 22.1 Å². The highest BCUT2D eigenvalue weighted by atomic mass is 32.2. The summed E-state index contributed by atoms with van der Waals surface area (Å²) in [5.41, 5.74) is 0. The first-order valence-electron chi connectivity index (χ1n) is 6.63. The number of epoxide rings is 1. The number of fused-ring (bicyclic) bond motifs is 1. The average Bonchev–Trinajstić information content (AvgIpc) is 3.27. The first-order valence-corrected chi connectivity index (χ1v) is 8.45. The molecule has 0 amide bonds. The third-order valence-corrected chi connectivity index (χ3v) is 3.81. The lowest BCUT2D eigenvalue weighted by atomic mass is 10.1. The normalized spacial score (nSPS) is 19.4. The Morgan fingerprint density at radius 1 is 1.24 bits per heavy atom. The fourth-order valence-corrected chi connectivity index (χ4v) is 2.52. The molecule has 0 bridgehead atoms. The Kier molecular flexibility index (Phi) is 3.84. The van der Waals surface area contributed by atoms with Gasteiger partial charge in [0.1, 0.15) is 18.5 Å². The molecule has 1 aliphatic rings. The summed E-state index contributed by atoms with van der Waals surface area (Å²) in [5.74, 6) is 0.700. The van der Waals surface area contributed by atoms with Crippen LogP contribution in [0.15, 0.2) is 42.5 Å². The Morgan fingerprint density at radius 3 is 2.67 bits per heavy atom. The van der Waals surface area contributed by atoms with Gasteiger partial charge in [-0.2, -0.15) is 8.42 Å². The molecular weight excluding hydrogens is 292 g/mol. The highest BCUT2D eigenvalue weighted by Gasteiger charge is 2.36. The van der Waals surface area contributed by atoms with Crippen molar-refractivity contribution in [2.75, 3.05) is 19.5 Å². The second-order valence-corrected chi connectivity index (χ2v) is 6.64. The number of hydrogen-bond acceptors (Lipinski definition) is 5. The van der Waals surface area contributed by atoms with E-state index in [1.807, 2.05) is 42.5 Å². The van der Waals surface area contributed by atoms with E-state index in [2.05, 4.69) is 0 Å². The molecule has 0 aromatic heterocycles. The molecule has 3 rings (SSSR count). The number of ether oxygens (including phenoxy) is 2. The molecule has 1 aliphatic heterocycles. The maximum Gasteiger partial charge on any atom is 0.264 e. The second kappa shape index (κ2) is 5.63. The van der Waals surface area contributed by atoms with Gasteiger partial charge in [-0.05, 0) is 11.5 Å². The summed E-state index contributed by atoms with van der Waals surface area (Å²) < 4.78 is 38.2. The zero-order valence-corrected chi connectivity index (χ0v) is 12.4. The van der Waals surface area contributed by atoms with E-state index >= 15 is 0 Å². The van der Waals surface area contributed by atoms with Gasteiger partial charge in [-0.15, -0.1) is 0 Å². The quantitative estimate of drug-likeness (QED) is 0.603. The van der Waals surface area contributed by atoms with E-state index in [1.165, 1.54) is 0 Å². The summed E-state index contributed by atoms with van der Waals surface area (Å²) in [7, 11) is -3.50. The summed E-state index contributed by atoms with van der Waals surface area (Å²) in [6, 6.07) is 13.6. The van der Waals surface area contributed by atoms with Crippen LogP contribution in [-0.2, 0) is 19.0 Å². The minimum Gasteiger partial charge on any atom is -0.484 e. The molecule has 5 nitrogen and oxygen atoms in total. The summed E-state index contributed by atoms with van der Waals surface area (Å²) in [4.78, 5) is 0. The van der Waals surface area contributed by atoms with Gasteiger partial charge in [-0.25, -0.2) is 0 Å². The molecule has 2 atom stereocenters. The Hall–Kier alpha value is -1.63. The Morgan fingerprint density at radius 2 is 1.95 bits per heavy atom. The first kappa shape index (κ1) is 14.3. The molecular formula is C15H16O5S. The van der Waals surface area contributed by atoms with Gasteiger partial charge in [0, 0.05) is 5.39 Å². The van der Waals surface area contributed by atoms with Crippen molar-refractivity contribution in [1.29, 1.82) is 0 Å². The van der Waals surface area contributed by atoms with Crippen molar-refractivity contribution in [2.24, 2.45) is 0 Å². The second-order valence-electron chi connectivity index (χ2n) is 4.99. The molecule has 6 heteroatoms. The van der Waals surface area contributed by atoms with Gasteiger partial charge in [0.15, 0.2) is 6.10 Å².